The Kier molecular flexibility index (Phi) is 9.01. The molecule has 3 aromatic carbocycles. The average molecular weight is 508 g/mol. The zero-order chi connectivity index (χ0) is 26.3. The van der Waals surface area contributed by atoms with Crippen LogP contribution < -0.4 is 10.2 Å². The van der Waals surface area contributed by atoms with Crippen LogP contribution in [0, 0.1) is 27.7 Å². The van der Waals surface area contributed by atoms with Gasteiger partial charge in [0.25, 0.3) is 5.91 Å². The minimum Gasteiger partial charge on any atom is -0.494 e. The third-order valence-electron chi connectivity index (χ3n) is 5.60. The molecule has 0 spiro atoms. The van der Waals surface area contributed by atoms with Crippen LogP contribution in [0.2, 0.25) is 0 Å². The number of ether oxygens (including phenoxy) is 1. The summed E-state index contributed by atoms with van der Waals surface area (Å²) in [5.41, 5.74) is 7.36. The van der Waals surface area contributed by atoms with E-state index in [-0.39, 0.29) is 18.0 Å². The lowest BCUT2D eigenvalue weighted by Crippen LogP contribution is -2.39. The summed E-state index contributed by atoms with van der Waals surface area (Å²) in [4.78, 5) is 13.0. The number of carbonyl (C=O) groups is 1. The SMILES string of the molecule is CCOc1ccc(/C=N/NC(=O)CN(Cc2ccc(C)cc2)S(=O)(=O)c2c(C)cc(C)cc2C)cc1. The third-order valence-corrected chi connectivity index (χ3v) is 7.69. The van der Waals surface area contributed by atoms with E-state index >= 15 is 0 Å². The molecule has 1 N–H and O–H groups in total. The van der Waals surface area contributed by atoms with Gasteiger partial charge in [-0.05, 0) is 81.1 Å². The molecule has 3 aromatic rings. The van der Waals surface area contributed by atoms with E-state index in [9.17, 15) is 13.2 Å². The minimum atomic E-state index is -3.96. The second kappa shape index (κ2) is 12.0. The predicted molar refractivity (Wildman–Crippen MR) is 143 cm³/mol. The fraction of sp³-hybridized carbons (Fsp3) is 0.286. The van der Waals surface area contributed by atoms with E-state index in [1.807, 2.05) is 81.4 Å². The lowest BCUT2D eigenvalue weighted by atomic mass is 10.1. The van der Waals surface area contributed by atoms with E-state index in [2.05, 4.69) is 10.5 Å². The lowest BCUT2D eigenvalue weighted by molar-refractivity contribution is -0.121. The molecule has 1 amide bonds. The smallest absolute Gasteiger partial charge is 0.255 e. The lowest BCUT2D eigenvalue weighted by Gasteiger charge is -2.24. The second-order valence-corrected chi connectivity index (χ2v) is 10.7. The molecule has 8 heteroatoms. The van der Waals surface area contributed by atoms with Gasteiger partial charge >= 0.3 is 0 Å². The number of amides is 1. The van der Waals surface area contributed by atoms with Gasteiger partial charge in [-0.1, -0.05) is 47.5 Å². The van der Waals surface area contributed by atoms with Gasteiger partial charge in [0.05, 0.1) is 24.3 Å². The zero-order valence-corrected chi connectivity index (χ0v) is 22.2. The molecule has 36 heavy (non-hydrogen) atoms. The fourth-order valence-electron chi connectivity index (χ4n) is 4.02. The third kappa shape index (κ3) is 7.02. The number of hydrogen-bond donors (Lipinski definition) is 1. The summed E-state index contributed by atoms with van der Waals surface area (Å²) < 4.78 is 34.2. The van der Waals surface area contributed by atoms with Crippen LogP contribution in [-0.4, -0.2) is 38.0 Å². The first-order valence-electron chi connectivity index (χ1n) is 11.8. The molecule has 190 valence electrons. The molecule has 0 radical (unpaired) electrons. The van der Waals surface area contributed by atoms with E-state index in [4.69, 9.17) is 4.74 Å². The average Bonchev–Trinajstić information content (AvgIpc) is 2.80. The summed E-state index contributed by atoms with van der Waals surface area (Å²) in [5.74, 6) is 0.215. The van der Waals surface area contributed by atoms with Crippen LogP contribution in [0.25, 0.3) is 0 Å². The van der Waals surface area contributed by atoms with Crippen molar-refractivity contribution in [3.63, 3.8) is 0 Å². The largest absolute Gasteiger partial charge is 0.494 e. The molecule has 0 atom stereocenters. The second-order valence-electron chi connectivity index (χ2n) is 8.78. The quantitative estimate of drug-likeness (QED) is 0.319. The van der Waals surface area contributed by atoms with Crippen LogP contribution in [0.15, 0.2) is 70.7 Å². The number of nitrogens with one attached hydrogen (secondary N) is 1. The molecule has 0 heterocycles. The van der Waals surface area contributed by atoms with Crippen molar-refractivity contribution in [2.75, 3.05) is 13.2 Å². The van der Waals surface area contributed by atoms with Crippen molar-refractivity contribution in [1.82, 2.24) is 9.73 Å². The van der Waals surface area contributed by atoms with Crippen LogP contribution in [0.4, 0.5) is 0 Å². The standard InChI is InChI=1S/C28H33N3O4S/c1-6-35-26-13-11-24(12-14-26)17-29-30-27(32)19-31(18-25-9-7-20(2)8-10-25)36(33,34)28-22(4)15-21(3)16-23(28)5/h7-17H,6,18-19H2,1-5H3,(H,30,32)/b29-17+. The van der Waals surface area contributed by atoms with Crippen LogP contribution in [0.5, 0.6) is 5.75 Å². The van der Waals surface area contributed by atoms with E-state index in [1.54, 1.807) is 13.8 Å². The molecule has 3 rings (SSSR count). The molecule has 0 saturated carbocycles. The molecule has 0 aliphatic rings. The van der Waals surface area contributed by atoms with Gasteiger partial charge in [-0.2, -0.15) is 9.41 Å². The molecule has 0 unspecified atom stereocenters. The van der Waals surface area contributed by atoms with Gasteiger partial charge in [-0.15, -0.1) is 0 Å². The van der Waals surface area contributed by atoms with Crippen molar-refractivity contribution in [3.8, 4) is 5.75 Å². The highest BCUT2D eigenvalue weighted by Gasteiger charge is 2.30. The van der Waals surface area contributed by atoms with E-state index in [0.29, 0.717) is 17.7 Å². The Morgan fingerprint density at radius 2 is 1.56 bits per heavy atom. The number of hydrazone groups is 1. The highest BCUT2D eigenvalue weighted by atomic mass is 32.2. The number of carbonyl (C=O) groups excluding carboxylic acids is 1. The first-order valence-corrected chi connectivity index (χ1v) is 13.2. The molecule has 0 aliphatic carbocycles. The minimum absolute atomic E-state index is 0.0609. The van der Waals surface area contributed by atoms with Crippen molar-refractivity contribution in [2.24, 2.45) is 5.10 Å². The van der Waals surface area contributed by atoms with Gasteiger partial charge in [0.2, 0.25) is 10.0 Å². The maximum absolute atomic E-state index is 13.8. The topological polar surface area (TPSA) is 88.1 Å². The Morgan fingerprint density at radius 3 is 2.14 bits per heavy atom. The normalized spacial score (nSPS) is 11.7. The Morgan fingerprint density at radius 1 is 0.944 bits per heavy atom. The number of nitrogens with zero attached hydrogens (tertiary/aromatic N) is 2. The maximum atomic E-state index is 13.8. The summed E-state index contributed by atoms with van der Waals surface area (Å²) in [6, 6.07) is 18.5. The van der Waals surface area contributed by atoms with Gasteiger partial charge in [-0.3, -0.25) is 4.79 Å². The van der Waals surface area contributed by atoms with Crippen molar-refractivity contribution in [3.05, 3.63) is 94.0 Å². The highest BCUT2D eigenvalue weighted by Crippen LogP contribution is 2.26. The van der Waals surface area contributed by atoms with Crippen molar-refractivity contribution in [2.45, 2.75) is 46.1 Å². The van der Waals surface area contributed by atoms with Crippen molar-refractivity contribution < 1.29 is 17.9 Å². The molecule has 0 fully saturated rings. The van der Waals surface area contributed by atoms with Gasteiger partial charge in [0, 0.05) is 6.54 Å². The monoisotopic (exact) mass is 507 g/mol. The van der Waals surface area contributed by atoms with Gasteiger partial charge < -0.3 is 4.74 Å². The molecule has 0 aliphatic heterocycles. The van der Waals surface area contributed by atoms with Crippen LogP contribution >= 0.6 is 0 Å². The first-order chi connectivity index (χ1) is 17.1. The summed E-state index contributed by atoms with van der Waals surface area (Å²) in [6.07, 6.45) is 1.50. The van der Waals surface area contributed by atoms with Crippen molar-refractivity contribution in [1.29, 1.82) is 0 Å². The van der Waals surface area contributed by atoms with Crippen LogP contribution in [0.3, 0.4) is 0 Å². The molecule has 0 saturated heterocycles. The Labute approximate surface area is 213 Å². The number of hydrogen-bond acceptors (Lipinski definition) is 5. The molecule has 0 bridgehead atoms. The van der Waals surface area contributed by atoms with E-state index < -0.39 is 15.9 Å². The number of aryl methyl sites for hydroxylation is 4. The first kappa shape index (κ1) is 27.1. The highest BCUT2D eigenvalue weighted by molar-refractivity contribution is 7.89. The van der Waals surface area contributed by atoms with Crippen LogP contribution in [0.1, 0.15) is 40.3 Å². The Balaban J connectivity index is 1.82. The van der Waals surface area contributed by atoms with Crippen molar-refractivity contribution >= 4 is 22.1 Å². The van der Waals surface area contributed by atoms with Crippen LogP contribution in [-0.2, 0) is 21.4 Å². The number of sulfonamides is 1. The molecular formula is C28H33N3O4S. The Bertz CT molecular complexity index is 1310. The number of rotatable bonds is 10. The summed E-state index contributed by atoms with van der Waals surface area (Å²) >= 11 is 0. The predicted octanol–water partition coefficient (Wildman–Crippen LogP) is 4.66. The summed E-state index contributed by atoms with van der Waals surface area (Å²) in [5, 5.41) is 4.00. The molecule has 7 nitrogen and oxygen atoms in total. The Hall–Kier alpha value is -3.49. The number of benzene rings is 3. The maximum Gasteiger partial charge on any atom is 0.255 e. The van der Waals surface area contributed by atoms with E-state index in [1.165, 1.54) is 10.5 Å². The fourth-order valence-corrected chi connectivity index (χ4v) is 5.81. The summed E-state index contributed by atoms with van der Waals surface area (Å²) in [7, 11) is -3.96. The summed E-state index contributed by atoms with van der Waals surface area (Å²) in [6.45, 7) is 9.62. The van der Waals surface area contributed by atoms with Gasteiger partial charge in [-0.25, -0.2) is 13.8 Å². The van der Waals surface area contributed by atoms with Gasteiger partial charge in [0.15, 0.2) is 0 Å². The van der Waals surface area contributed by atoms with E-state index in [0.717, 1.165) is 28.0 Å². The molecular weight excluding hydrogens is 474 g/mol. The zero-order valence-electron chi connectivity index (χ0n) is 21.4. The molecule has 0 aromatic heterocycles. The van der Waals surface area contributed by atoms with Gasteiger partial charge in [0.1, 0.15) is 5.75 Å².